The first-order chi connectivity index (χ1) is 7.09. The van der Waals surface area contributed by atoms with Crippen LogP contribution in [-0.2, 0) is 0 Å². The van der Waals surface area contributed by atoms with E-state index in [1.165, 1.54) is 22.7 Å². The summed E-state index contributed by atoms with van der Waals surface area (Å²) in [5.41, 5.74) is 1.79. The maximum Gasteiger partial charge on any atom is 0.204 e. The molecule has 0 bridgehead atoms. The second kappa shape index (κ2) is 4.37. The molecule has 0 aliphatic rings. The van der Waals surface area contributed by atoms with Crippen molar-refractivity contribution in [3.63, 3.8) is 0 Å². The van der Waals surface area contributed by atoms with Crippen molar-refractivity contribution in [3.05, 3.63) is 41.6 Å². The van der Waals surface area contributed by atoms with E-state index in [0.717, 1.165) is 14.9 Å². The average Bonchev–Trinajstić information content (AvgIpc) is 2.74. The molecular weight excluding hydrogens is 316 g/mol. The summed E-state index contributed by atoms with van der Waals surface area (Å²) >= 11 is 12.1. The molecule has 2 aromatic heterocycles. The Morgan fingerprint density at radius 2 is 2.20 bits per heavy atom. The normalized spacial score (nSPS) is 10.6. The topological polar surface area (TPSA) is 17.1 Å². The van der Waals surface area contributed by atoms with E-state index in [2.05, 4.69) is 15.9 Å². The molecule has 5 heteroatoms. The van der Waals surface area contributed by atoms with Crippen LogP contribution in [0.2, 0.25) is 5.02 Å². The third kappa shape index (κ3) is 2.18. The highest BCUT2D eigenvalue weighted by Gasteiger charge is 2.16. The van der Waals surface area contributed by atoms with Gasteiger partial charge in [-0.3, -0.25) is 4.79 Å². The Balaban J connectivity index is 2.41. The molecule has 0 unspecified atom stereocenters. The molecule has 0 aliphatic heterocycles. The molecule has 0 fully saturated rings. The van der Waals surface area contributed by atoms with Crippen molar-refractivity contribution in [3.8, 4) is 0 Å². The highest BCUT2D eigenvalue weighted by Crippen LogP contribution is 2.33. The van der Waals surface area contributed by atoms with Crippen molar-refractivity contribution in [2.45, 2.75) is 6.92 Å². The van der Waals surface area contributed by atoms with Gasteiger partial charge in [0, 0.05) is 10.9 Å². The summed E-state index contributed by atoms with van der Waals surface area (Å²) in [5, 5.41) is 4.44. The molecule has 0 atom stereocenters. The van der Waals surface area contributed by atoms with Crippen molar-refractivity contribution in [1.82, 2.24) is 0 Å². The van der Waals surface area contributed by atoms with Crippen LogP contribution in [0.15, 0.2) is 20.6 Å². The largest absolute Gasteiger partial charge is 0.288 e. The maximum atomic E-state index is 12.0. The van der Waals surface area contributed by atoms with Gasteiger partial charge in [0.25, 0.3) is 0 Å². The first-order valence-electron chi connectivity index (χ1n) is 4.12. The van der Waals surface area contributed by atoms with E-state index in [1.807, 2.05) is 17.7 Å². The van der Waals surface area contributed by atoms with Crippen LogP contribution in [0.4, 0.5) is 0 Å². The van der Waals surface area contributed by atoms with Crippen molar-refractivity contribution in [2.75, 3.05) is 0 Å². The Bertz CT molecular complexity index is 496. The van der Waals surface area contributed by atoms with E-state index in [1.54, 1.807) is 6.07 Å². The number of ketones is 1. The quantitative estimate of drug-likeness (QED) is 0.729. The summed E-state index contributed by atoms with van der Waals surface area (Å²) in [6.07, 6.45) is 0. The Labute approximate surface area is 109 Å². The fourth-order valence-electron chi connectivity index (χ4n) is 1.18. The van der Waals surface area contributed by atoms with E-state index >= 15 is 0 Å². The predicted molar refractivity (Wildman–Crippen MR) is 69.5 cm³/mol. The maximum absolute atomic E-state index is 12.0. The monoisotopic (exact) mass is 320 g/mol. The molecular formula is C10H6BrClOS2. The van der Waals surface area contributed by atoms with Crippen LogP contribution in [0.1, 0.15) is 20.8 Å². The second-order valence-corrected chi connectivity index (χ2v) is 6.55. The first-order valence-corrected chi connectivity index (χ1v) is 7.05. The zero-order valence-corrected chi connectivity index (χ0v) is 11.7. The number of hydrogen-bond donors (Lipinski definition) is 0. The standard InChI is InChI=1S/C10H6BrClOS2/c1-5-3-14-4-6(5)9(13)8-2-7(12)10(11)15-8/h2-4H,1H3. The van der Waals surface area contributed by atoms with Gasteiger partial charge in [0.1, 0.15) is 0 Å². The van der Waals surface area contributed by atoms with Crippen LogP contribution < -0.4 is 0 Å². The molecule has 2 heterocycles. The highest BCUT2D eigenvalue weighted by atomic mass is 79.9. The van der Waals surface area contributed by atoms with Crippen LogP contribution in [0.5, 0.6) is 0 Å². The minimum Gasteiger partial charge on any atom is -0.288 e. The Morgan fingerprint density at radius 3 is 2.67 bits per heavy atom. The number of carbonyl (C=O) groups is 1. The summed E-state index contributed by atoms with van der Waals surface area (Å²) < 4.78 is 0.806. The lowest BCUT2D eigenvalue weighted by Crippen LogP contribution is -1.97. The smallest absolute Gasteiger partial charge is 0.204 e. The Kier molecular flexibility index (Phi) is 3.30. The first kappa shape index (κ1) is 11.3. The number of halogens is 2. The SMILES string of the molecule is Cc1cscc1C(=O)c1cc(Cl)c(Br)s1. The summed E-state index contributed by atoms with van der Waals surface area (Å²) in [4.78, 5) is 12.7. The van der Waals surface area contributed by atoms with E-state index in [9.17, 15) is 4.79 Å². The van der Waals surface area contributed by atoms with Gasteiger partial charge >= 0.3 is 0 Å². The van der Waals surface area contributed by atoms with Crippen molar-refractivity contribution >= 4 is 56.0 Å². The summed E-state index contributed by atoms with van der Waals surface area (Å²) in [6.45, 7) is 1.94. The minimum absolute atomic E-state index is 0.0475. The second-order valence-electron chi connectivity index (χ2n) is 3.03. The van der Waals surface area contributed by atoms with Crippen LogP contribution in [-0.4, -0.2) is 5.78 Å². The van der Waals surface area contributed by atoms with E-state index in [4.69, 9.17) is 11.6 Å². The lowest BCUT2D eigenvalue weighted by atomic mass is 10.1. The van der Waals surface area contributed by atoms with Crippen LogP contribution in [0.3, 0.4) is 0 Å². The average molecular weight is 322 g/mol. The number of hydrogen-bond acceptors (Lipinski definition) is 3. The summed E-state index contributed by atoms with van der Waals surface area (Å²) in [7, 11) is 0. The summed E-state index contributed by atoms with van der Waals surface area (Å²) in [5.74, 6) is 0.0475. The van der Waals surface area contributed by atoms with Gasteiger partial charge < -0.3 is 0 Å². The third-order valence-electron chi connectivity index (χ3n) is 1.97. The molecule has 78 valence electrons. The molecule has 0 spiro atoms. The Hall–Kier alpha value is -0.160. The molecule has 0 aliphatic carbocycles. The van der Waals surface area contributed by atoms with Crippen LogP contribution in [0.25, 0.3) is 0 Å². The van der Waals surface area contributed by atoms with Gasteiger partial charge in [0.15, 0.2) is 0 Å². The third-order valence-corrected chi connectivity index (χ3v) is 5.30. The van der Waals surface area contributed by atoms with E-state index < -0.39 is 0 Å². The van der Waals surface area contributed by atoms with E-state index in [0.29, 0.717) is 9.90 Å². The molecule has 0 aromatic carbocycles. The molecule has 2 rings (SSSR count). The fourth-order valence-corrected chi connectivity index (χ4v) is 3.67. The number of carbonyl (C=O) groups excluding carboxylic acids is 1. The van der Waals surface area contributed by atoms with Crippen molar-refractivity contribution in [2.24, 2.45) is 0 Å². The van der Waals surface area contributed by atoms with E-state index in [-0.39, 0.29) is 5.78 Å². The molecule has 0 amide bonds. The molecule has 0 N–H and O–H groups in total. The molecule has 0 saturated carbocycles. The molecule has 1 nitrogen and oxygen atoms in total. The van der Waals surface area contributed by atoms with Gasteiger partial charge in [0.05, 0.1) is 13.7 Å². The number of rotatable bonds is 2. The lowest BCUT2D eigenvalue weighted by Gasteiger charge is -1.94. The fraction of sp³-hybridized carbons (Fsp3) is 0.100. The van der Waals surface area contributed by atoms with Gasteiger partial charge in [0.2, 0.25) is 5.78 Å². The van der Waals surface area contributed by atoms with Crippen molar-refractivity contribution < 1.29 is 4.79 Å². The Morgan fingerprint density at radius 1 is 1.47 bits per heavy atom. The molecule has 15 heavy (non-hydrogen) atoms. The molecule has 0 saturated heterocycles. The van der Waals surface area contributed by atoms with Crippen molar-refractivity contribution in [1.29, 1.82) is 0 Å². The van der Waals surface area contributed by atoms with Gasteiger partial charge in [-0.15, -0.1) is 11.3 Å². The van der Waals surface area contributed by atoms with Gasteiger partial charge in [-0.1, -0.05) is 11.6 Å². The number of aryl methyl sites for hydroxylation is 1. The summed E-state index contributed by atoms with van der Waals surface area (Å²) in [6, 6.07) is 1.70. The predicted octanol–water partition coefficient (Wildman–Crippen LogP) is 4.76. The van der Waals surface area contributed by atoms with Gasteiger partial charge in [-0.2, -0.15) is 11.3 Å². The molecule has 0 radical (unpaired) electrons. The van der Waals surface area contributed by atoms with Crippen LogP contribution >= 0.6 is 50.2 Å². The molecule has 2 aromatic rings. The van der Waals surface area contributed by atoms with Gasteiger partial charge in [-0.05, 0) is 39.9 Å². The lowest BCUT2D eigenvalue weighted by molar-refractivity contribution is 0.104. The zero-order chi connectivity index (χ0) is 11.0. The van der Waals surface area contributed by atoms with Gasteiger partial charge in [-0.25, -0.2) is 0 Å². The number of thiophene rings is 2. The zero-order valence-electron chi connectivity index (χ0n) is 7.71. The minimum atomic E-state index is 0.0475. The highest BCUT2D eigenvalue weighted by molar-refractivity contribution is 9.11. The van der Waals surface area contributed by atoms with Crippen LogP contribution in [0, 0.1) is 6.92 Å².